The number of methoxy groups -OCH3 is 4. The van der Waals surface area contributed by atoms with E-state index in [9.17, 15) is 19.5 Å². The molecule has 0 aliphatic carbocycles. The Kier molecular flexibility index (Phi) is 35.7. The van der Waals surface area contributed by atoms with E-state index in [0.717, 1.165) is 44.9 Å². The zero-order valence-corrected chi connectivity index (χ0v) is 44.4. The first-order valence-corrected chi connectivity index (χ1v) is 21.6. The van der Waals surface area contributed by atoms with E-state index in [1.165, 1.54) is 6.92 Å². The fraction of sp³-hybridized carbons (Fsp3) is 0.273. The Balaban J connectivity index is -0.000000326. The van der Waals surface area contributed by atoms with Crippen molar-refractivity contribution in [3.8, 4) is 23.0 Å². The number of hydrogen-bond donors (Lipinski definition) is 6. The molecule has 0 aliphatic rings. The Morgan fingerprint density at radius 1 is 0.521 bits per heavy atom. The van der Waals surface area contributed by atoms with Gasteiger partial charge in [-0.15, -0.1) is 11.6 Å². The minimum absolute atomic E-state index is 0. The molecule has 398 valence electrons. The number of carbonyl (C=O) groups excluding carboxylic acids is 1. The maximum absolute atomic E-state index is 11.2. The molecule has 0 fully saturated rings. The molecule has 0 aliphatic heterocycles. The molecular formula is C55H72CaClO16-. The standard InChI is InChI=1S/C24H24O6.C21H19ClO2.C5H10O2.C3H6O4.CH4.CH3.Ca.2H2O.2H/c1-28-20-12-8-18(9-13-20)24(17-6-4-3-5-7-17,30-16-22(25)23(26)27)19-10-14-21(29-2)15-11-19;1-23-19-12-8-17(9-13-19)21(22,16-6-4-3-5-7-16)18-10-14-20(24-2)15-11-18;1-3-5(7)4(2)6;4-1-2(5)3(6)7;;;;;;;/h3-15,22,25H,16H2,1-2H3,(H,26,27);3-15H,1-2H3;5,7H,3H2,1-2H3;2,4-5H,1H2,(H,6,7);1H4;1H3;;2*1H2;;/q;;;;;-1;+2;;;2*-1. The number of carbonyl (C=O) groups is 3. The number of alkyl halides is 1. The SMILES string of the molecule is C.CCC(O)C(C)=O.COc1ccc(C(Cl)(c2ccccc2)c2ccc(OC)cc2)cc1.COc1ccc(C(OCC(O)C(=O)O)(c2ccccc2)c2ccc(OC)cc2)cc1.O.O.O=C(O)C(O)CO.[CH3-].[Ca+2].[H-].[H-]. The predicted octanol–water partition coefficient (Wildman–Crippen LogP) is 6.74. The number of halogens is 1. The van der Waals surface area contributed by atoms with Crippen LogP contribution >= 0.6 is 11.6 Å². The second-order valence-electron chi connectivity index (χ2n) is 14.7. The zero-order chi connectivity index (χ0) is 50.3. The molecule has 0 saturated carbocycles. The van der Waals surface area contributed by atoms with Crippen molar-refractivity contribution in [1.29, 1.82) is 0 Å². The van der Waals surface area contributed by atoms with Gasteiger partial charge in [0.15, 0.2) is 18.0 Å². The second kappa shape index (κ2) is 36.3. The van der Waals surface area contributed by atoms with Gasteiger partial charge >= 0.3 is 49.7 Å². The monoisotopic (exact) mass is 1060 g/mol. The van der Waals surface area contributed by atoms with Crippen LogP contribution in [0.5, 0.6) is 23.0 Å². The van der Waals surface area contributed by atoms with Crippen molar-refractivity contribution >= 4 is 67.1 Å². The molecule has 73 heavy (non-hydrogen) atoms. The third-order valence-corrected chi connectivity index (χ3v) is 11.0. The van der Waals surface area contributed by atoms with Gasteiger partial charge in [0.1, 0.15) is 39.6 Å². The van der Waals surface area contributed by atoms with E-state index in [1.807, 2.05) is 158 Å². The van der Waals surface area contributed by atoms with E-state index in [0.29, 0.717) is 17.9 Å². The number of aliphatic carboxylic acids is 2. The van der Waals surface area contributed by atoms with Gasteiger partial charge in [-0.2, -0.15) is 0 Å². The quantitative estimate of drug-likeness (QED) is 0.0225. The molecule has 0 spiro atoms. The summed E-state index contributed by atoms with van der Waals surface area (Å²) in [7, 11) is 6.48. The molecule has 3 unspecified atom stereocenters. The molecule has 6 rings (SSSR count). The van der Waals surface area contributed by atoms with Gasteiger partial charge in [0.2, 0.25) is 0 Å². The summed E-state index contributed by atoms with van der Waals surface area (Å²) in [5, 5.41) is 51.4. The van der Waals surface area contributed by atoms with Crippen molar-refractivity contribution in [3.63, 3.8) is 0 Å². The van der Waals surface area contributed by atoms with Crippen molar-refractivity contribution < 1.29 is 82.5 Å². The summed E-state index contributed by atoms with van der Waals surface area (Å²) in [4.78, 5) is 30.1. The molecule has 6 aromatic carbocycles. The van der Waals surface area contributed by atoms with E-state index < -0.39 is 53.9 Å². The summed E-state index contributed by atoms with van der Waals surface area (Å²) < 4.78 is 27.3. The maximum Gasteiger partial charge on any atom is 2.00 e. The molecule has 0 bridgehead atoms. The van der Waals surface area contributed by atoms with Gasteiger partial charge in [-0.3, -0.25) is 4.79 Å². The summed E-state index contributed by atoms with van der Waals surface area (Å²) in [5.41, 5.74) is 4.15. The van der Waals surface area contributed by atoms with Crippen LogP contribution in [0.1, 0.15) is 63.9 Å². The fourth-order valence-corrected chi connectivity index (χ4v) is 6.90. The number of benzene rings is 6. The number of aliphatic hydroxyl groups is 4. The first-order chi connectivity index (χ1) is 32.5. The molecule has 0 aromatic heterocycles. The summed E-state index contributed by atoms with van der Waals surface area (Å²) >= 11 is 7.22. The first kappa shape index (κ1) is 71.7. The van der Waals surface area contributed by atoms with Crippen LogP contribution in [0, 0.1) is 7.43 Å². The Hall–Kier alpha value is -5.60. The average Bonchev–Trinajstić information content (AvgIpc) is 3.39. The Bertz CT molecular complexity index is 2310. The van der Waals surface area contributed by atoms with Crippen LogP contribution in [0.15, 0.2) is 158 Å². The van der Waals surface area contributed by atoms with Crippen molar-refractivity contribution in [1.82, 2.24) is 0 Å². The largest absolute Gasteiger partial charge is 2.00 e. The topological polar surface area (TPSA) is 282 Å². The third-order valence-electron chi connectivity index (χ3n) is 10.4. The number of ether oxygens (including phenoxy) is 5. The molecule has 6 aromatic rings. The second-order valence-corrected chi connectivity index (χ2v) is 15.3. The fourth-order valence-electron chi connectivity index (χ4n) is 6.52. The number of aliphatic hydroxyl groups excluding tert-OH is 4. The van der Waals surface area contributed by atoms with Crippen molar-refractivity contribution in [2.75, 3.05) is 41.7 Å². The van der Waals surface area contributed by atoms with Crippen LogP contribution < -0.4 is 18.9 Å². The van der Waals surface area contributed by atoms with Crippen LogP contribution in [-0.2, 0) is 29.6 Å². The smallest absolute Gasteiger partial charge is 1.00 e. The number of rotatable bonds is 18. The molecule has 18 heteroatoms. The Labute approximate surface area is 466 Å². The van der Waals surface area contributed by atoms with Gasteiger partial charge in [0, 0.05) is 0 Å². The van der Waals surface area contributed by atoms with Crippen molar-refractivity contribution in [3.05, 3.63) is 199 Å². The summed E-state index contributed by atoms with van der Waals surface area (Å²) in [6.45, 7) is 2.03. The molecule has 0 heterocycles. The summed E-state index contributed by atoms with van der Waals surface area (Å²) in [6, 6.07) is 50.0. The van der Waals surface area contributed by atoms with E-state index in [2.05, 4.69) is 0 Å². The van der Waals surface area contributed by atoms with Gasteiger partial charge in [-0.1, -0.05) is 124 Å². The molecule has 16 nitrogen and oxygen atoms in total. The molecule has 0 saturated heterocycles. The maximum atomic E-state index is 11.2. The summed E-state index contributed by atoms with van der Waals surface area (Å²) in [6.07, 6.45) is -3.50. The predicted molar refractivity (Wildman–Crippen MR) is 286 cm³/mol. The number of carboxylic acid groups (broad SMARTS) is 2. The van der Waals surface area contributed by atoms with Crippen LogP contribution in [0.25, 0.3) is 0 Å². The first-order valence-electron chi connectivity index (χ1n) is 21.2. The van der Waals surface area contributed by atoms with Crippen LogP contribution in [0.2, 0.25) is 0 Å². The van der Waals surface area contributed by atoms with Gasteiger partial charge in [0.25, 0.3) is 0 Å². The van der Waals surface area contributed by atoms with Crippen molar-refractivity contribution in [2.24, 2.45) is 0 Å². The number of ketones is 1. The molecule has 10 N–H and O–H groups in total. The van der Waals surface area contributed by atoms with Gasteiger partial charge in [-0.25, -0.2) is 9.59 Å². The minimum Gasteiger partial charge on any atom is -1.00 e. The van der Waals surface area contributed by atoms with E-state index in [-0.39, 0.29) is 72.2 Å². The molecule has 0 amide bonds. The van der Waals surface area contributed by atoms with Crippen molar-refractivity contribution in [2.45, 2.75) is 56.5 Å². The van der Waals surface area contributed by atoms with Gasteiger partial charge in [-0.05, 0) is 95.3 Å². The number of hydrogen-bond acceptors (Lipinski definition) is 12. The van der Waals surface area contributed by atoms with Gasteiger partial charge < -0.3 is 75.6 Å². The third kappa shape index (κ3) is 20.3. The Morgan fingerprint density at radius 3 is 1.03 bits per heavy atom. The zero-order valence-electron chi connectivity index (χ0n) is 43.4. The van der Waals surface area contributed by atoms with Gasteiger partial charge in [0.05, 0.1) is 41.7 Å². The van der Waals surface area contributed by atoms with E-state index in [4.69, 9.17) is 60.8 Å². The number of Topliss-reactive ketones (excluding diaryl/α,β-unsaturated/α-hetero) is 1. The normalized spacial score (nSPS) is 11.3. The molecular weight excluding hydrogens is 992 g/mol. The summed E-state index contributed by atoms with van der Waals surface area (Å²) in [5.74, 6) is 0.0783. The van der Waals surface area contributed by atoms with E-state index >= 15 is 0 Å². The molecule has 0 radical (unpaired) electrons. The van der Waals surface area contributed by atoms with Crippen LogP contribution in [0.4, 0.5) is 0 Å². The minimum atomic E-state index is -1.66. The van der Waals surface area contributed by atoms with E-state index in [1.54, 1.807) is 35.4 Å². The molecule has 3 atom stereocenters. The number of carboxylic acids is 2. The Morgan fingerprint density at radius 2 is 0.795 bits per heavy atom. The average molecular weight is 1060 g/mol. The van der Waals surface area contributed by atoms with Crippen LogP contribution in [0.3, 0.4) is 0 Å². The van der Waals surface area contributed by atoms with Crippen LogP contribution in [-0.4, -0.2) is 157 Å².